The van der Waals surface area contributed by atoms with Crippen LogP contribution in [0, 0.1) is 27.3 Å². The average molecular weight is 280 g/mol. The summed E-state index contributed by atoms with van der Waals surface area (Å²) < 4.78 is 0. The molecule has 3 nitrogen and oxygen atoms in total. The van der Waals surface area contributed by atoms with Crippen LogP contribution < -0.4 is 0 Å². The van der Waals surface area contributed by atoms with E-state index in [4.69, 9.17) is 0 Å². The van der Waals surface area contributed by atoms with Crippen LogP contribution in [0.15, 0.2) is 6.07 Å². The summed E-state index contributed by atoms with van der Waals surface area (Å²) in [6, 6.07) is 1.98. The minimum atomic E-state index is 0. The Bertz CT molecular complexity index is 282. The maximum Gasteiger partial charge on any atom is 0.120 e. The van der Waals surface area contributed by atoms with E-state index in [0.29, 0.717) is 0 Å². The Morgan fingerprint density at radius 3 is 2.60 bits per heavy atom. The standard InChI is InChI=1S/C11H17N3.Y/c1-5-14(4)7-6-11-8-9(2)12-10(3)13-11;/h6,8H,4-5,7H2,1-3H3;/q-2;. The van der Waals surface area contributed by atoms with Crippen molar-refractivity contribution in [3.05, 3.63) is 36.7 Å². The van der Waals surface area contributed by atoms with Crippen molar-refractivity contribution < 1.29 is 32.7 Å². The van der Waals surface area contributed by atoms with Crippen molar-refractivity contribution in [3.63, 3.8) is 0 Å². The van der Waals surface area contributed by atoms with Crippen LogP contribution in [0.1, 0.15) is 24.1 Å². The molecule has 1 aromatic heterocycles. The van der Waals surface area contributed by atoms with E-state index in [-0.39, 0.29) is 32.7 Å². The first kappa shape index (κ1) is 15.0. The van der Waals surface area contributed by atoms with Crippen LogP contribution in [0.4, 0.5) is 0 Å². The Morgan fingerprint density at radius 1 is 1.40 bits per heavy atom. The van der Waals surface area contributed by atoms with E-state index in [1.54, 1.807) is 0 Å². The molecule has 1 radical (unpaired) electrons. The fraction of sp³-hybridized carbons (Fsp3) is 0.455. The molecule has 4 heteroatoms. The Kier molecular flexibility index (Phi) is 7.32. The Labute approximate surface area is 118 Å². The fourth-order valence-electron chi connectivity index (χ4n) is 1.20. The van der Waals surface area contributed by atoms with E-state index in [1.165, 1.54) is 0 Å². The van der Waals surface area contributed by atoms with Crippen molar-refractivity contribution in [1.29, 1.82) is 0 Å². The maximum absolute atomic E-state index is 4.32. The molecule has 0 fully saturated rings. The molecule has 1 rings (SSSR count). The van der Waals surface area contributed by atoms with Crippen molar-refractivity contribution in [3.8, 4) is 0 Å². The van der Waals surface area contributed by atoms with E-state index < -0.39 is 0 Å². The van der Waals surface area contributed by atoms with E-state index in [2.05, 4.69) is 30.4 Å². The quantitative estimate of drug-likeness (QED) is 0.787. The normalized spacial score (nSPS) is 9.93. The van der Waals surface area contributed by atoms with Crippen LogP contribution in [0.5, 0.6) is 0 Å². The summed E-state index contributed by atoms with van der Waals surface area (Å²) in [5, 5.41) is 0. The summed E-state index contributed by atoms with van der Waals surface area (Å²) in [5.41, 5.74) is 1.99. The van der Waals surface area contributed by atoms with Gasteiger partial charge in [0.15, 0.2) is 0 Å². The topological polar surface area (TPSA) is 29.0 Å². The summed E-state index contributed by atoms with van der Waals surface area (Å²) in [6.07, 6.45) is 2.07. The second-order valence-electron chi connectivity index (χ2n) is 3.36. The minimum absolute atomic E-state index is 0. The van der Waals surface area contributed by atoms with E-state index >= 15 is 0 Å². The van der Waals surface area contributed by atoms with Crippen molar-refractivity contribution in [2.75, 3.05) is 13.1 Å². The fourth-order valence-corrected chi connectivity index (χ4v) is 1.20. The summed E-state index contributed by atoms with van der Waals surface area (Å²) in [6.45, 7) is 7.74. The smallest absolute Gasteiger partial charge is 0.120 e. The van der Waals surface area contributed by atoms with Gasteiger partial charge in [-0.2, -0.15) is 12.5 Å². The zero-order valence-corrected chi connectivity index (χ0v) is 12.5. The van der Waals surface area contributed by atoms with E-state index in [1.807, 2.05) is 24.8 Å². The Morgan fingerprint density at radius 2 is 2.07 bits per heavy atom. The van der Waals surface area contributed by atoms with Gasteiger partial charge in [-0.3, -0.25) is 17.0 Å². The van der Waals surface area contributed by atoms with E-state index in [0.717, 1.165) is 30.3 Å². The van der Waals surface area contributed by atoms with Gasteiger partial charge in [-0.15, -0.1) is 0 Å². The average Bonchev–Trinajstić information content (AvgIpc) is 2.12. The molecule has 1 aromatic rings. The molecule has 0 bridgehead atoms. The number of nitrogens with zero attached hydrogens (tertiary/aromatic N) is 3. The van der Waals surface area contributed by atoms with Gasteiger partial charge in [0.2, 0.25) is 0 Å². The number of aryl methyl sites for hydroxylation is 2. The number of rotatable bonds is 4. The van der Waals surface area contributed by atoms with Crippen LogP contribution >= 0.6 is 0 Å². The van der Waals surface area contributed by atoms with Crippen molar-refractivity contribution in [2.45, 2.75) is 20.8 Å². The third kappa shape index (κ3) is 5.59. The summed E-state index contributed by atoms with van der Waals surface area (Å²) in [7, 11) is 3.88. The predicted octanol–water partition coefficient (Wildman–Crippen LogP) is 1.76. The maximum atomic E-state index is 4.32. The molecule has 0 aliphatic carbocycles. The third-order valence-electron chi connectivity index (χ3n) is 1.99. The van der Waals surface area contributed by atoms with Crippen molar-refractivity contribution in [2.24, 2.45) is 0 Å². The molecule has 0 amide bonds. The summed E-state index contributed by atoms with van der Waals surface area (Å²) in [4.78, 5) is 10.5. The number of hydrogen-bond acceptors (Lipinski definition) is 3. The van der Waals surface area contributed by atoms with Gasteiger partial charge in [0.25, 0.3) is 0 Å². The molecule has 0 saturated carbocycles. The molecule has 0 aliphatic heterocycles. The van der Waals surface area contributed by atoms with Crippen LogP contribution in [0.3, 0.4) is 0 Å². The van der Waals surface area contributed by atoms with Gasteiger partial charge in [0, 0.05) is 32.7 Å². The molecule has 0 N–H and O–H groups in total. The zero-order valence-electron chi connectivity index (χ0n) is 9.70. The van der Waals surface area contributed by atoms with Gasteiger partial charge >= 0.3 is 0 Å². The van der Waals surface area contributed by atoms with E-state index in [9.17, 15) is 0 Å². The Hall–Kier alpha value is 0.0139. The van der Waals surface area contributed by atoms with Crippen LogP contribution in [0.25, 0.3) is 0 Å². The second-order valence-corrected chi connectivity index (χ2v) is 3.36. The van der Waals surface area contributed by atoms with Crippen molar-refractivity contribution in [1.82, 2.24) is 14.9 Å². The minimum Gasteiger partial charge on any atom is -0.470 e. The summed E-state index contributed by atoms with van der Waals surface area (Å²) >= 11 is 0. The third-order valence-corrected chi connectivity index (χ3v) is 1.99. The summed E-state index contributed by atoms with van der Waals surface area (Å²) in [5.74, 6) is 0.823. The second kappa shape index (κ2) is 7.31. The first-order valence-electron chi connectivity index (χ1n) is 4.82. The molecule has 0 spiro atoms. The Balaban J connectivity index is 0.00000196. The number of hydrogen-bond donors (Lipinski definition) is 0. The monoisotopic (exact) mass is 280 g/mol. The molecule has 1 heterocycles. The first-order valence-corrected chi connectivity index (χ1v) is 4.82. The van der Waals surface area contributed by atoms with Crippen LogP contribution in [-0.4, -0.2) is 28.0 Å². The van der Waals surface area contributed by atoms with Gasteiger partial charge in [-0.05, 0) is 26.1 Å². The zero-order chi connectivity index (χ0) is 10.6. The van der Waals surface area contributed by atoms with Gasteiger partial charge in [-0.25, -0.2) is 0 Å². The molecular formula is C11H17N3Y-2. The predicted molar refractivity (Wildman–Crippen MR) is 57.5 cm³/mol. The number of likely N-dealkylation sites (N-methyl/N-ethyl adjacent to an activating group) is 1. The molecule has 0 atom stereocenters. The van der Waals surface area contributed by atoms with Crippen molar-refractivity contribution >= 4 is 0 Å². The SMILES string of the molecule is [CH2-]N(CC)C[CH-]c1cc(C)nc(C)n1.[Y]. The van der Waals surface area contributed by atoms with Gasteiger partial charge in [0.05, 0.1) is 0 Å². The molecule has 0 aromatic carbocycles. The largest absolute Gasteiger partial charge is 0.470 e. The molecule has 81 valence electrons. The van der Waals surface area contributed by atoms with Gasteiger partial charge in [0.1, 0.15) is 5.82 Å². The first-order chi connectivity index (χ1) is 6.61. The van der Waals surface area contributed by atoms with Gasteiger partial charge < -0.3 is 4.90 Å². The molecule has 0 aliphatic rings. The van der Waals surface area contributed by atoms with Gasteiger partial charge in [-0.1, -0.05) is 19.2 Å². The molecule has 0 saturated heterocycles. The number of aromatic nitrogens is 2. The van der Waals surface area contributed by atoms with Crippen LogP contribution in [-0.2, 0) is 32.7 Å². The molecule has 15 heavy (non-hydrogen) atoms. The molecule has 0 unspecified atom stereocenters. The molecular weight excluding hydrogens is 263 g/mol. The van der Waals surface area contributed by atoms with Crippen LogP contribution in [0.2, 0.25) is 0 Å².